The first-order valence-corrected chi connectivity index (χ1v) is 3.65. The summed E-state index contributed by atoms with van der Waals surface area (Å²) in [4.78, 5) is 11.0. The minimum Gasteiger partial charge on any atom is -0.469 e. The molecule has 0 bridgehead atoms. The van der Waals surface area contributed by atoms with Crippen LogP contribution in [-0.4, -0.2) is 19.1 Å². The number of ether oxygens (including phenoxy) is 1. The molecule has 0 amide bonds. The van der Waals surface area contributed by atoms with E-state index in [1.807, 2.05) is 0 Å². The molecule has 2 N–H and O–H groups in total. The third kappa shape index (κ3) is 1.60. The second kappa shape index (κ2) is 3.05. The van der Waals surface area contributed by atoms with Gasteiger partial charge in [-0.2, -0.15) is 0 Å². The minimum absolute atomic E-state index is 0.0880. The molecule has 0 unspecified atom stereocenters. The van der Waals surface area contributed by atoms with Crippen LogP contribution in [0.4, 0.5) is 0 Å². The summed E-state index contributed by atoms with van der Waals surface area (Å²) in [5.41, 5.74) is 6.73. The van der Waals surface area contributed by atoms with Gasteiger partial charge in [-0.1, -0.05) is 12.2 Å². The van der Waals surface area contributed by atoms with Crippen LogP contribution in [-0.2, 0) is 9.53 Å². The first kappa shape index (κ1) is 8.27. The van der Waals surface area contributed by atoms with Crippen LogP contribution < -0.4 is 5.73 Å². The quantitative estimate of drug-likeness (QED) is 0.442. The molecule has 0 aromatic carbocycles. The normalized spacial score (nSPS) is 30.5. The second-order valence-corrected chi connectivity index (χ2v) is 2.95. The topological polar surface area (TPSA) is 52.3 Å². The van der Waals surface area contributed by atoms with Crippen LogP contribution in [0.25, 0.3) is 0 Å². The molecular formula is C8H13NO2. The van der Waals surface area contributed by atoms with Crippen LogP contribution >= 0.6 is 0 Å². The van der Waals surface area contributed by atoms with Gasteiger partial charge < -0.3 is 10.5 Å². The lowest BCUT2D eigenvalue weighted by molar-refractivity contribution is -0.145. The zero-order valence-electron chi connectivity index (χ0n) is 6.67. The SMILES string of the molecule is C=C1C[C@@H](N)[C@@H](C(=O)OC)C1. The van der Waals surface area contributed by atoms with Gasteiger partial charge in [0.1, 0.15) is 0 Å². The minimum atomic E-state index is -0.212. The third-order valence-electron chi connectivity index (χ3n) is 2.05. The lowest BCUT2D eigenvalue weighted by Gasteiger charge is -2.10. The van der Waals surface area contributed by atoms with E-state index in [1.165, 1.54) is 7.11 Å². The average Bonchev–Trinajstić information content (AvgIpc) is 2.28. The molecule has 11 heavy (non-hydrogen) atoms. The lowest BCUT2D eigenvalue weighted by atomic mass is 10.1. The van der Waals surface area contributed by atoms with E-state index in [2.05, 4.69) is 11.3 Å². The highest BCUT2D eigenvalue weighted by molar-refractivity contribution is 5.74. The first-order valence-electron chi connectivity index (χ1n) is 3.65. The molecule has 1 aliphatic carbocycles. The number of carbonyl (C=O) groups is 1. The summed E-state index contributed by atoms with van der Waals surface area (Å²) in [6.45, 7) is 3.78. The molecular weight excluding hydrogens is 142 g/mol. The van der Waals surface area contributed by atoms with Gasteiger partial charge in [-0.05, 0) is 12.8 Å². The molecule has 1 saturated carbocycles. The van der Waals surface area contributed by atoms with Crippen molar-refractivity contribution in [2.75, 3.05) is 7.11 Å². The van der Waals surface area contributed by atoms with Crippen LogP contribution in [0.15, 0.2) is 12.2 Å². The molecule has 3 heteroatoms. The molecule has 1 rings (SSSR count). The molecule has 0 radical (unpaired) electrons. The van der Waals surface area contributed by atoms with Gasteiger partial charge >= 0.3 is 5.97 Å². The van der Waals surface area contributed by atoms with Crippen molar-refractivity contribution in [1.82, 2.24) is 0 Å². The molecule has 3 nitrogen and oxygen atoms in total. The van der Waals surface area contributed by atoms with Crippen molar-refractivity contribution >= 4 is 5.97 Å². The van der Waals surface area contributed by atoms with Crippen LogP contribution in [0.2, 0.25) is 0 Å². The predicted octanol–water partition coefficient (Wildman–Crippen LogP) is 0.453. The highest BCUT2D eigenvalue weighted by Gasteiger charge is 2.32. The maximum atomic E-state index is 11.0. The monoisotopic (exact) mass is 155 g/mol. The van der Waals surface area contributed by atoms with Gasteiger partial charge in [-0.25, -0.2) is 0 Å². The van der Waals surface area contributed by atoms with E-state index in [0.29, 0.717) is 6.42 Å². The van der Waals surface area contributed by atoms with Gasteiger partial charge in [-0.15, -0.1) is 0 Å². The number of methoxy groups -OCH3 is 1. The Morgan fingerprint density at radius 2 is 2.36 bits per heavy atom. The molecule has 1 fully saturated rings. The number of esters is 1. The Labute approximate surface area is 66.2 Å². The van der Waals surface area contributed by atoms with Crippen molar-refractivity contribution in [3.05, 3.63) is 12.2 Å². The molecule has 0 aliphatic heterocycles. The van der Waals surface area contributed by atoms with Crippen molar-refractivity contribution in [2.24, 2.45) is 11.7 Å². The molecule has 0 aromatic rings. The van der Waals surface area contributed by atoms with E-state index in [9.17, 15) is 4.79 Å². The maximum absolute atomic E-state index is 11.0. The van der Waals surface area contributed by atoms with E-state index in [-0.39, 0.29) is 17.9 Å². The largest absolute Gasteiger partial charge is 0.469 e. The number of hydrogen-bond acceptors (Lipinski definition) is 3. The Hall–Kier alpha value is -0.830. The summed E-state index contributed by atoms with van der Waals surface area (Å²) < 4.78 is 4.59. The van der Waals surface area contributed by atoms with E-state index in [1.54, 1.807) is 0 Å². The fourth-order valence-corrected chi connectivity index (χ4v) is 1.43. The van der Waals surface area contributed by atoms with Crippen molar-refractivity contribution < 1.29 is 9.53 Å². The first-order chi connectivity index (χ1) is 5.15. The zero-order valence-corrected chi connectivity index (χ0v) is 6.67. The van der Waals surface area contributed by atoms with E-state index < -0.39 is 0 Å². The van der Waals surface area contributed by atoms with Crippen LogP contribution in [0.3, 0.4) is 0 Å². The Morgan fingerprint density at radius 1 is 1.73 bits per heavy atom. The number of hydrogen-bond donors (Lipinski definition) is 1. The molecule has 0 heterocycles. The highest BCUT2D eigenvalue weighted by Crippen LogP contribution is 2.28. The predicted molar refractivity (Wildman–Crippen MR) is 41.9 cm³/mol. The molecule has 0 spiro atoms. The second-order valence-electron chi connectivity index (χ2n) is 2.95. The molecule has 2 atom stereocenters. The fourth-order valence-electron chi connectivity index (χ4n) is 1.43. The van der Waals surface area contributed by atoms with E-state index in [0.717, 1.165) is 12.0 Å². The number of rotatable bonds is 1. The average molecular weight is 155 g/mol. The van der Waals surface area contributed by atoms with Crippen molar-refractivity contribution in [2.45, 2.75) is 18.9 Å². The van der Waals surface area contributed by atoms with Gasteiger partial charge in [0.2, 0.25) is 0 Å². The molecule has 0 saturated heterocycles. The van der Waals surface area contributed by atoms with Crippen LogP contribution in [0.5, 0.6) is 0 Å². The Balaban J connectivity index is 2.59. The van der Waals surface area contributed by atoms with E-state index >= 15 is 0 Å². The standard InChI is InChI=1S/C8H13NO2/c1-5-3-6(7(9)4-5)8(10)11-2/h6-7H,1,3-4,9H2,2H3/t6-,7+/m0/s1. The van der Waals surface area contributed by atoms with Crippen molar-refractivity contribution in [3.8, 4) is 0 Å². The van der Waals surface area contributed by atoms with Crippen LogP contribution in [0, 0.1) is 5.92 Å². The Morgan fingerprint density at radius 3 is 2.73 bits per heavy atom. The van der Waals surface area contributed by atoms with Gasteiger partial charge in [-0.3, -0.25) is 4.79 Å². The lowest BCUT2D eigenvalue weighted by Crippen LogP contribution is -2.31. The van der Waals surface area contributed by atoms with Gasteiger partial charge in [0, 0.05) is 6.04 Å². The summed E-state index contributed by atoms with van der Waals surface area (Å²) in [5, 5.41) is 0. The summed E-state index contributed by atoms with van der Waals surface area (Å²) >= 11 is 0. The zero-order chi connectivity index (χ0) is 8.43. The Bertz CT molecular complexity index is 189. The number of carbonyl (C=O) groups excluding carboxylic acids is 1. The van der Waals surface area contributed by atoms with Gasteiger partial charge in [0.25, 0.3) is 0 Å². The van der Waals surface area contributed by atoms with Crippen molar-refractivity contribution in [1.29, 1.82) is 0 Å². The van der Waals surface area contributed by atoms with Crippen LogP contribution in [0.1, 0.15) is 12.8 Å². The van der Waals surface area contributed by atoms with Gasteiger partial charge in [0.05, 0.1) is 13.0 Å². The summed E-state index contributed by atoms with van der Waals surface area (Å²) in [5.74, 6) is -0.372. The highest BCUT2D eigenvalue weighted by atomic mass is 16.5. The molecule has 0 aromatic heterocycles. The van der Waals surface area contributed by atoms with Gasteiger partial charge in [0.15, 0.2) is 0 Å². The van der Waals surface area contributed by atoms with Crippen molar-refractivity contribution in [3.63, 3.8) is 0 Å². The summed E-state index contributed by atoms with van der Waals surface area (Å²) in [6, 6.07) is -0.0880. The summed E-state index contributed by atoms with van der Waals surface area (Å²) in [7, 11) is 1.39. The molecule has 1 aliphatic rings. The molecule has 62 valence electrons. The smallest absolute Gasteiger partial charge is 0.310 e. The Kier molecular flexibility index (Phi) is 2.29. The van der Waals surface area contributed by atoms with E-state index in [4.69, 9.17) is 5.73 Å². The third-order valence-corrected chi connectivity index (χ3v) is 2.05. The fraction of sp³-hybridized carbons (Fsp3) is 0.625. The summed E-state index contributed by atoms with van der Waals surface area (Å²) in [6.07, 6.45) is 1.44. The number of nitrogens with two attached hydrogens (primary N) is 1. The maximum Gasteiger partial charge on any atom is 0.310 e.